The lowest BCUT2D eigenvalue weighted by Crippen LogP contribution is -2.48. The van der Waals surface area contributed by atoms with Gasteiger partial charge in [-0.3, -0.25) is 9.59 Å². The summed E-state index contributed by atoms with van der Waals surface area (Å²) in [6.45, 7) is 0.343. The molecule has 30 heavy (non-hydrogen) atoms. The molecule has 4 heterocycles. The van der Waals surface area contributed by atoms with Crippen LogP contribution in [0.15, 0.2) is 54.7 Å². The quantitative estimate of drug-likeness (QED) is 0.735. The number of Topliss-reactive ketones (excluding diaryl/α,β-unsaturated/α-hetero) is 2. The molecule has 3 saturated heterocycles. The predicted molar refractivity (Wildman–Crippen MR) is 108 cm³/mol. The molecule has 6 heteroatoms. The zero-order valence-electron chi connectivity index (χ0n) is 16.4. The standard InChI is InChI=1S/C24H21NO5/c1-28-15-8-6-14(7-9-15)22(26)21-18-17-12-29-24(30-17)23(27)19(18)20-16-5-3-2-4-13(16)10-11-25(20)21/h2-11,17-21,24H,12H2,1H3/t17-,18+,19+,20+,21+,24+/m0/s1. The molecule has 2 bridgehead atoms. The fourth-order valence-electron chi connectivity index (χ4n) is 5.55. The van der Waals surface area contributed by atoms with Crippen LogP contribution in [0.4, 0.5) is 0 Å². The molecule has 0 N–H and O–H groups in total. The Hall–Kier alpha value is -2.96. The van der Waals surface area contributed by atoms with E-state index >= 15 is 0 Å². The molecule has 0 amide bonds. The molecular weight excluding hydrogens is 382 g/mol. The first-order valence-electron chi connectivity index (χ1n) is 10.2. The van der Waals surface area contributed by atoms with E-state index in [2.05, 4.69) is 11.0 Å². The third-order valence-electron chi connectivity index (χ3n) is 6.85. The molecule has 6 nitrogen and oxygen atoms in total. The number of carbonyl (C=O) groups excluding carboxylic acids is 2. The molecule has 0 unspecified atom stereocenters. The van der Waals surface area contributed by atoms with E-state index in [0.717, 1.165) is 11.1 Å². The van der Waals surface area contributed by atoms with Crippen molar-refractivity contribution in [2.75, 3.05) is 13.7 Å². The van der Waals surface area contributed by atoms with Crippen LogP contribution >= 0.6 is 0 Å². The molecule has 0 radical (unpaired) electrons. The Bertz CT molecular complexity index is 1060. The third-order valence-corrected chi connectivity index (χ3v) is 6.85. The van der Waals surface area contributed by atoms with Gasteiger partial charge in [0.05, 0.1) is 37.8 Å². The number of ketones is 2. The van der Waals surface area contributed by atoms with Crippen molar-refractivity contribution in [1.82, 2.24) is 4.90 Å². The minimum Gasteiger partial charge on any atom is -0.497 e. The molecule has 0 aromatic heterocycles. The van der Waals surface area contributed by atoms with Crippen molar-refractivity contribution in [3.8, 4) is 5.75 Å². The number of rotatable bonds is 3. The Balaban J connectivity index is 1.47. The highest BCUT2D eigenvalue weighted by atomic mass is 16.7. The van der Waals surface area contributed by atoms with Crippen LogP contribution in [-0.4, -0.2) is 48.6 Å². The Morgan fingerprint density at radius 1 is 1.13 bits per heavy atom. The van der Waals surface area contributed by atoms with E-state index in [4.69, 9.17) is 14.2 Å². The van der Waals surface area contributed by atoms with Gasteiger partial charge in [0.15, 0.2) is 11.6 Å². The SMILES string of the molecule is COc1ccc(C(=O)[C@H]2[C@H]3[C@@H](C(=O)[C@@H]4OC[C@@H]3O4)[C@H]3c4ccccc4C=CN32)cc1. The first-order chi connectivity index (χ1) is 14.7. The fraction of sp³-hybridized carbons (Fsp3) is 0.333. The van der Waals surface area contributed by atoms with Gasteiger partial charge in [-0.1, -0.05) is 24.3 Å². The Morgan fingerprint density at radius 3 is 2.73 bits per heavy atom. The second-order valence-corrected chi connectivity index (χ2v) is 8.22. The number of methoxy groups -OCH3 is 1. The number of nitrogens with zero attached hydrogens (tertiary/aromatic N) is 1. The number of hydrogen-bond donors (Lipinski definition) is 0. The van der Waals surface area contributed by atoms with Crippen LogP contribution in [-0.2, 0) is 14.3 Å². The molecule has 2 aromatic carbocycles. The normalized spacial score (nSPS) is 33.1. The highest BCUT2D eigenvalue weighted by Crippen LogP contribution is 2.54. The minimum atomic E-state index is -0.814. The van der Waals surface area contributed by atoms with Gasteiger partial charge in [0.1, 0.15) is 5.75 Å². The highest BCUT2D eigenvalue weighted by Gasteiger charge is 2.63. The minimum absolute atomic E-state index is 0.0130. The van der Waals surface area contributed by atoms with Crippen LogP contribution in [0.1, 0.15) is 27.5 Å². The predicted octanol–water partition coefficient (Wildman–Crippen LogP) is 2.84. The van der Waals surface area contributed by atoms with Crippen molar-refractivity contribution in [2.24, 2.45) is 11.8 Å². The van der Waals surface area contributed by atoms with Gasteiger partial charge in [0.25, 0.3) is 0 Å². The van der Waals surface area contributed by atoms with Crippen molar-refractivity contribution in [2.45, 2.75) is 24.5 Å². The number of fused-ring (bicyclic) bond motifs is 8. The van der Waals surface area contributed by atoms with E-state index in [1.165, 1.54) is 0 Å². The van der Waals surface area contributed by atoms with Crippen molar-refractivity contribution in [3.05, 3.63) is 71.4 Å². The summed E-state index contributed by atoms with van der Waals surface area (Å²) < 4.78 is 16.7. The first-order valence-corrected chi connectivity index (χ1v) is 10.2. The van der Waals surface area contributed by atoms with E-state index in [9.17, 15) is 9.59 Å². The van der Waals surface area contributed by atoms with Crippen LogP contribution in [0.5, 0.6) is 5.75 Å². The zero-order valence-corrected chi connectivity index (χ0v) is 16.4. The van der Waals surface area contributed by atoms with Crippen LogP contribution in [0.25, 0.3) is 6.08 Å². The lowest BCUT2D eigenvalue weighted by atomic mass is 9.75. The molecule has 0 spiro atoms. The molecule has 6 rings (SSSR count). The van der Waals surface area contributed by atoms with Gasteiger partial charge >= 0.3 is 0 Å². The van der Waals surface area contributed by atoms with Gasteiger partial charge in [-0.15, -0.1) is 0 Å². The van der Waals surface area contributed by atoms with E-state index in [1.54, 1.807) is 31.4 Å². The molecule has 4 aliphatic rings. The summed E-state index contributed by atoms with van der Waals surface area (Å²) in [6, 6.07) is 14.5. The maximum absolute atomic E-state index is 13.7. The van der Waals surface area contributed by atoms with E-state index < -0.39 is 12.3 Å². The molecule has 0 aliphatic carbocycles. The maximum Gasteiger partial charge on any atom is 0.218 e. The fourth-order valence-corrected chi connectivity index (χ4v) is 5.55. The van der Waals surface area contributed by atoms with Gasteiger partial charge in [0, 0.05) is 17.7 Å². The molecule has 2 aromatic rings. The van der Waals surface area contributed by atoms with Gasteiger partial charge in [-0.05, 0) is 41.5 Å². The maximum atomic E-state index is 13.7. The largest absolute Gasteiger partial charge is 0.497 e. The topological polar surface area (TPSA) is 65.1 Å². The van der Waals surface area contributed by atoms with Gasteiger partial charge < -0.3 is 19.1 Å². The van der Waals surface area contributed by atoms with Crippen LogP contribution in [0.2, 0.25) is 0 Å². The summed E-state index contributed by atoms with van der Waals surface area (Å²) in [4.78, 5) is 29.1. The average Bonchev–Trinajstić information content (AvgIpc) is 3.38. The van der Waals surface area contributed by atoms with Crippen LogP contribution in [0.3, 0.4) is 0 Å². The molecule has 6 atom stereocenters. The Labute approximate surface area is 174 Å². The second kappa shape index (κ2) is 6.52. The monoisotopic (exact) mass is 403 g/mol. The summed E-state index contributed by atoms with van der Waals surface area (Å²) in [7, 11) is 1.60. The Kier molecular flexibility index (Phi) is 3.88. The summed E-state index contributed by atoms with van der Waals surface area (Å²) in [5.41, 5.74) is 2.76. The van der Waals surface area contributed by atoms with Crippen molar-refractivity contribution in [1.29, 1.82) is 0 Å². The van der Waals surface area contributed by atoms with Crippen molar-refractivity contribution >= 4 is 17.6 Å². The van der Waals surface area contributed by atoms with Gasteiger partial charge in [-0.25, -0.2) is 0 Å². The number of carbonyl (C=O) groups is 2. The van der Waals surface area contributed by atoms with E-state index in [-0.39, 0.29) is 35.5 Å². The molecule has 3 fully saturated rings. The van der Waals surface area contributed by atoms with E-state index in [0.29, 0.717) is 17.9 Å². The smallest absolute Gasteiger partial charge is 0.218 e. The summed E-state index contributed by atoms with van der Waals surface area (Å²) >= 11 is 0. The van der Waals surface area contributed by atoms with Crippen LogP contribution in [0, 0.1) is 11.8 Å². The first kappa shape index (κ1) is 17.9. The summed E-state index contributed by atoms with van der Waals surface area (Å²) in [6.07, 6.45) is 2.92. The average molecular weight is 403 g/mol. The highest BCUT2D eigenvalue weighted by molar-refractivity contribution is 6.02. The lowest BCUT2D eigenvalue weighted by Gasteiger charge is -2.34. The number of benzene rings is 2. The van der Waals surface area contributed by atoms with Crippen molar-refractivity contribution in [3.63, 3.8) is 0 Å². The molecule has 0 saturated carbocycles. The summed E-state index contributed by atoms with van der Waals surface area (Å²) in [5.74, 6) is 0.0322. The van der Waals surface area contributed by atoms with Crippen molar-refractivity contribution < 1.29 is 23.8 Å². The molecule has 4 aliphatic heterocycles. The third kappa shape index (κ3) is 2.38. The van der Waals surface area contributed by atoms with Gasteiger partial charge in [-0.2, -0.15) is 0 Å². The second-order valence-electron chi connectivity index (χ2n) is 8.22. The Morgan fingerprint density at radius 2 is 1.93 bits per heavy atom. The van der Waals surface area contributed by atoms with E-state index in [1.807, 2.05) is 30.5 Å². The summed E-state index contributed by atoms with van der Waals surface area (Å²) in [5, 5.41) is 0. The van der Waals surface area contributed by atoms with Gasteiger partial charge in [0.2, 0.25) is 6.29 Å². The number of hydrogen-bond acceptors (Lipinski definition) is 6. The molecular formula is C24H21NO5. The molecule has 152 valence electrons. The number of ether oxygens (including phenoxy) is 3. The zero-order chi connectivity index (χ0) is 20.4. The lowest BCUT2D eigenvalue weighted by molar-refractivity contribution is -0.164. The van der Waals surface area contributed by atoms with Crippen LogP contribution < -0.4 is 4.74 Å².